The second kappa shape index (κ2) is 8.85. The Morgan fingerprint density at radius 3 is 2.35 bits per heavy atom. The summed E-state index contributed by atoms with van der Waals surface area (Å²) < 4.78 is 71.9. The number of aliphatic hydroxyl groups excluding tert-OH is 2. The third-order valence-electron chi connectivity index (χ3n) is 3.24. The highest BCUT2D eigenvalue weighted by molar-refractivity contribution is 7.66. The Kier molecular flexibility index (Phi) is 7.09. The van der Waals surface area contributed by atoms with E-state index in [1.54, 1.807) is 4.98 Å². The van der Waals surface area contributed by atoms with Crippen molar-refractivity contribution in [3.8, 4) is 0 Å². The molecule has 22 heteroatoms. The quantitative estimate of drug-likeness (QED) is 0.185. The third-order valence-corrected chi connectivity index (χ3v) is 7.30. The number of aromatic nitrogens is 2. The number of hydrogen-bond acceptors (Lipinski definition) is 11. The summed E-state index contributed by atoms with van der Waals surface area (Å²) in [7, 11) is -17.5. The fourth-order valence-electron chi connectivity index (χ4n) is 2.06. The summed E-state index contributed by atoms with van der Waals surface area (Å²) in [6, 6.07) is 0. The zero-order valence-electron chi connectivity index (χ0n) is 15.3. The first-order valence-electron chi connectivity index (χ1n) is 7.77. The molecule has 6 atom stereocenters. The van der Waals surface area contributed by atoms with Crippen LogP contribution < -0.4 is 11.2 Å². The molecule has 0 bridgehead atoms. The first-order chi connectivity index (χ1) is 14.2. The maximum Gasteiger partial charge on any atom is 0.490 e. The molecule has 0 saturated carbocycles. The number of rotatable bonds is 8. The van der Waals surface area contributed by atoms with Crippen molar-refractivity contribution in [2.75, 3.05) is 6.61 Å². The number of phosphoric ester groups is 1. The van der Waals surface area contributed by atoms with Gasteiger partial charge in [0.2, 0.25) is 0 Å². The fraction of sp³-hybridized carbons (Fsp3) is 0.556. The van der Waals surface area contributed by atoms with Gasteiger partial charge < -0.3 is 34.5 Å². The van der Waals surface area contributed by atoms with Gasteiger partial charge in [-0.3, -0.25) is 18.9 Å². The summed E-state index contributed by atoms with van der Waals surface area (Å²) in [5, 5.41) is 19.2. The number of hydrogen-bond donors (Lipinski definition) is 7. The lowest BCUT2D eigenvalue weighted by atomic mass is 10.1. The van der Waals surface area contributed by atoms with E-state index in [1.807, 2.05) is 0 Å². The van der Waals surface area contributed by atoms with Crippen LogP contribution in [0.15, 0.2) is 15.8 Å². The normalized spacial score (nSPS) is 33.5. The molecule has 1 aromatic rings. The summed E-state index contributed by atoms with van der Waals surface area (Å²) in [5.74, 6) is -3.77. The molecule has 1 aliphatic rings. The molecular formula is C9H13ClFN2O15P3. The summed E-state index contributed by atoms with van der Waals surface area (Å²) in [6.07, 6.45) is -8.15. The van der Waals surface area contributed by atoms with Gasteiger partial charge in [0.15, 0.2) is 6.20 Å². The van der Waals surface area contributed by atoms with E-state index < -0.39 is 70.6 Å². The molecule has 2 rings (SSSR count). The highest BCUT2D eigenvalue weighted by atomic mass is 35.5. The van der Waals surface area contributed by atoms with Crippen LogP contribution in [0.5, 0.6) is 0 Å². The van der Waals surface area contributed by atoms with Crippen molar-refractivity contribution in [3.63, 3.8) is 0 Å². The number of nitrogens with zero attached hydrogens (tertiary/aromatic N) is 1. The maximum absolute atomic E-state index is 15.0. The first-order valence-corrected chi connectivity index (χ1v) is 12.2. The Bertz CT molecular complexity index is 1160. The molecule has 2 heterocycles. The molecule has 178 valence electrons. The lowest BCUT2D eigenvalue weighted by molar-refractivity contribution is -0.204. The molecule has 0 aliphatic carbocycles. The second-order valence-electron chi connectivity index (χ2n) is 5.59. The van der Waals surface area contributed by atoms with Gasteiger partial charge in [0, 0.05) is 6.20 Å². The molecule has 7 N–H and O–H groups in total. The van der Waals surface area contributed by atoms with Crippen molar-refractivity contribution in [2.24, 2.45) is 0 Å². The Hall–Kier alpha value is -0.810. The molecule has 1 saturated heterocycles. The van der Waals surface area contributed by atoms with Crippen molar-refractivity contribution in [2.45, 2.75) is 24.3 Å². The van der Waals surface area contributed by atoms with E-state index in [0.717, 1.165) is 0 Å². The lowest BCUT2D eigenvalue weighted by Gasteiger charge is -2.24. The van der Waals surface area contributed by atoms with E-state index >= 15 is 4.39 Å². The van der Waals surface area contributed by atoms with Crippen LogP contribution in [0, 0.1) is 0 Å². The molecule has 31 heavy (non-hydrogen) atoms. The molecule has 0 radical (unpaired) electrons. The van der Waals surface area contributed by atoms with Gasteiger partial charge in [-0.15, -0.1) is 0 Å². The van der Waals surface area contributed by atoms with Crippen LogP contribution in [0.25, 0.3) is 0 Å². The minimum atomic E-state index is -5.94. The Labute approximate surface area is 175 Å². The molecule has 0 spiro atoms. The summed E-state index contributed by atoms with van der Waals surface area (Å²) >= 11 is 5.50. The van der Waals surface area contributed by atoms with Gasteiger partial charge in [-0.25, -0.2) is 22.9 Å². The van der Waals surface area contributed by atoms with Gasteiger partial charge in [-0.1, -0.05) is 11.6 Å². The van der Waals surface area contributed by atoms with Crippen LogP contribution in [0.1, 0.15) is 7.57 Å². The summed E-state index contributed by atoms with van der Waals surface area (Å²) in [6.45, 7) is -1.92. The van der Waals surface area contributed by atoms with Gasteiger partial charge in [0.1, 0.15) is 23.8 Å². The third kappa shape index (κ3) is 6.60. The molecule has 1 aromatic heterocycles. The standard InChI is InChI=1S/C9H13ClFN2O15P3/c10-3-1-13(8(17)12-6(3)16)7-4(14)5(15)9(11,26-7)2-25-30(21,22)28-31(23,24)27-29(18,19)20/h1,4-5,7,14-15H,2H2,(H,21,22)(H,23,24)(H,12,16,17)(H2,18,19,20)/t4-,5+,7-,9-/m1/s1/i7D. The lowest BCUT2D eigenvalue weighted by Crippen LogP contribution is -2.43. The topological polar surface area (TPSA) is 264 Å². The largest absolute Gasteiger partial charge is 0.490 e. The molecule has 1 fully saturated rings. The SMILES string of the molecule is [2H][C@@]1(n2cc(Cl)c(=O)[nH]c2=O)O[C@](F)(COP(=O)(O)OP(=O)(O)OP(=O)(O)O)[C@@H](O)[C@H]1O. The fourth-order valence-corrected chi connectivity index (χ4v) is 5.23. The predicted molar refractivity (Wildman–Crippen MR) is 92.1 cm³/mol. The van der Waals surface area contributed by atoms with Crippen molar-refractivity contribution >= 4 is 35.1 Å². The Morgan fingerprint density at radius 1 is 1.23 bits per heavy atom. The van der Waals surface area contributed by atoms with Gasteiger partial charge in [0.25, 0.3) is 11.4 Å². The number of aliphatic hydroxyl groups is 2. The highest BCUT2D eigenvalue weighted by Gasteiger charge is 2.57. The minimum Gasteiger partial charge on any atom is -0.385 e. The monoisotopic (exact) mass is 537 g/mol. The number of nitrogens with one attached hydrogen (secondary N) is 1. The van der Waals surface area contributed by atoms with Crippen molar-refractivity contribution in [1.29, 1.82) is 0 Å². The second-order valence-corrected chi connectivity index (χ2v) is 10.4. The van der Waals surface area contributed by atoms with Crippen molar-refractivity contribution in [1.82, 2.24) is 9.55 Å². The Balaban J connectivity index is 2.26. The molecule has 0 aromatic carbocycles. The smallest absolute Gasteiger partial charge is 0.385 e. The molecule has 2 unspecified atom stereocenters. The van der Waals surface area contributed by atoms with Crippen molar-refractivity contribution < 1.29 is 67.1 Å². The number of phosphoric acid groups is 3. The van der Waals surface area contributed by atoms with Gasteiger partial charge in [-0.2, -0.15) is 8.62 Å². The zero-order valence-corrected chi connectivity index (χ0v) is 17.8. The van der Waals surface area contributed by atoms with Crippen LogP contribution in [0.3, 0.4) is 0 Å². The molecule has 1 aliphatic heterocycles. The number of aromatic amines is 1. The number of ether oxygens (including phenoxy) is 1. The van der Waals surface area contributed by atoms with E-state index in [9.17, 15) is 38.4 Å². The molecule has 17 nitrogen and oxygen atoms in total. The minimum absolute atomic E-state index is 0.0663. The van der Waals surface area contributed by atoms with Crippen LogP contribution in [-0.4, -0.2) is 64.0 Å². The van der Waals surface area contributed by atoms with Gasteiger partial charge in [0.05, 0.1) is 1.37 Å². The number of halogens is 2. The maximum atomic E-state index is 15.0. The van der Waals surface area contributed by atoms with E-state index in [4.69, 9.17) is 27.7 Å². The summed E-state index contributed by atoms with van der Waals surface area (Å²) in [4.78, 5) is 60.0. The predicted octanol–water partition coefficient (Wildman–Crippen LogP) is -1.55. The Morgan fingerprint density at radius 2 is 1.81 bits per heavy atom. The average molecular weight is 538 g/mol. The van der Waals surface area contributed by atoms with Gasteiger partial charge in [-0.05, 0) is 0 Å². The van der Waals surface area contributed by atoms with Crippen LogP contribution in [0.4, 0.5) is 4.39 Å². The number of alkyl halides is 1. The average Bonchev–Trinajstić information content (AvgIpc) is 2.75. The van der Waals surface area contributed by atoms with E-state index in [-0.39, 0.29) is 4.57 Å². The van der Waals surface area contributed by atoms with Crippen LogP contribution in [-0.2, 0) is 31.6 Å². The van der Waals surface area contributed by atoms with E-state index in [0.29, 0.717) is 6.20 Å². The first kappa shape index (κ1) is 24.8. The van der Waals surface area contributed by atoms with Crippen LogP contribution >= 0.6 is 35.1 Å². The highest BCUT2D eigenvalue weighted by Crippen LogP contribution is 2.66. The van der Waals surface area contributed by atoms with E-state index in [2.05, 4.69) is 17.9 Å². The van der Waals surface area contributed by atoms with Crippen LogP contribution in [0.2, 0.25) is 5.02 Å². The van der Waals surface area contributed by atoms with Crippen molar-refractivity contribution in [3.05, 3.63) is 32.1 Å². The molecular weight excluding hydrogens is 523 g/mol. The number of H-pyrrole nitrogens is 1. The van der Waals surface area contributed by atoms with Gasteiger partial charge >= 0.3 is 29.2 Å². The molecule has 0 amide bonds. The summed E-state index contributed by atoms with van der Waals surface area (Å²) in [5.41, 5.74) is -2.57. The zero-order chi connectivity index (χ0) is 24.9. The van der Waals surface area contributed by atoms with E-state index in [1.165, 1.54) is 0 Å².